The summed E-state index contributed by atoms with van der Waals surface area (Å²) >= 11 is 0. The van der Waals surface area contributed by atoms with Crippen molar-refractivity contribution >= 4 is 17.9 Å². The number of carboxylic acid groups (broad SMARTS) is 1. The van der Waals surface area contributed by atoms with Crippen LogP contribution in [0.15, 0.2) is 34.9 Å². The van der Waals surface area contributed by atoms with Gasteiger partial charge in [-0.15, -0.1) is 0 Å². The average molecular weight is 1160 g/mol. The summed E-state index contributed by atoms with van der Waals surface area (Å²) in [5, 5.41) is 147. The number of hydrogen-bond donors (Lipinski definition) is 13. The van der Waals surface area contributed by atoms with Crippen molar-refractivity contribution in [2.45, 2.75) is 231 Å². The summed E-state index contributed by atoms with van der Waals surface area (Å²) < 4.78 is 47.3. The summed E-state index contributed by atoms with van der Waals surface area (Å²) in [6, 6.07) is 0. The Hall–Kier alpha value is -3.09. The van der Waals surface area contributed by atoms with E-state index in [-0.39, 0.29) is 35.8 Å². The monoisotopic (exact) mass is 1160 g/mol. The topological polar surface area (TPSA) is 388 Å². The van der Waals surface area contributed by atoms with Crippen molar-refractivity contribution in [1.29, 1.82) is 0 Å². The van der Waals surface area contributed by atoms with E-state index >= 15 is 0 Å². The van der Waals surface area contributed by atoms with Crippen LogP contribution in [0, 0.1) is 50.2 Å². The van der Waals surface area contributed by atoms with Crippen molar-refractivity contribution in [1.82, 2.24) is 0 Å². The molecule has 13 N–H and O–H groups in total. The van der Waals surface area contributed by atoms with Crippen LogP contribution in [0.2, 0.25) is 0 Å². The summed E-state index contributed by atoms with van der Waals surface area (Å²) in [6.45, 7) is 17.2. The standard InChI is InChI=1S/C57H88O24/c1-12-25(3)45(70)80-56(72)50(5,6)20-28-27-14-15-32-52(9)18-17-34(51(7,8)31(52)16-19-53(32,10)54(27,11)21-33(61)55(28,24-60)57(56,73)81-46(71)26(4)13-2)76-48-40(67)41(39(66)42(78-48)44(68)69)77-49-43(36(63)30(23-59)75-49)79-47-38(65)37(64)35(62)29(22-58)74-47/h12-14,28-43,47-49,58-67,72-73H,15-24H2,1-11H3,(H,68,69)/b25-12-,26-13-/t28-,29+,30-,31-,32+,33+,34-,35-,36-,37-,38+,39-,40+,41-,42-,43+,47-,48+,49-,52-,53+,54+,55-,56-,57-/m0/s1. The zero-order chi connectivity index (χ0) is 60.3. The van der Waals surface area contributed by atoms with Gasteiger partial charge in [-0.25, -0.2) is 14.4 Å². The Morgan fingerprint density at radius 2 is 1.20 bits per heavy atom. The number of aliphatic hydroxyl groups excluding tert-OH is 10. The molecule has 4 saturated carbocycles. The number of ether oxygens (including phenoxy) is 8. The number of carbonyl (C=O) groups is 3. The molecule has 0 radical (unpaired) electrons. The third kappa shape index (κ3) is 9.52. The fourth-order valence-electron chi connectivity index (χ4n) is 16.3. The maximum atomic E-state index is 13.9. The highest BCUT2D eigenvalue weighted by Gasteiger charge is 2.84. The van der Waals surface area contributed by atoms with E-state index in [4.69, 9.17) is 37.9 Å². The average Bonchev–Trinajstić information content (AvgIpc) is 1.59. The summed E-state index contributed by atoms with van der Waals surface area (Å²) in [5.41, 5.74) is -5.47. The van der Waals surface area contributed by atoms with E-state index in [9.17, 15) is 80.8 Å². The maximum absolute atomic E-state index is 13.9. The Kier molecular flexibility index (Phi) is 17.6. The molecule has 7 fully saturated rings. The van der Waals surface area contributed by atoms with Crippen molar-refractivity contribution in [2.24, 2.45) is 50.2 Å². The minimum Gasteiger partial charge on any atom is -0.479 e. The molecular weight excluding hydrogens is 1070 g/mol. The van der Waals surface area contributed by atoms with Gasteiger partial charge < -0.3 is 104 Å². The van der Waals surface area contributed by atoms with Crippen LogP contribution in [0.4, 0.5) is 0 Å². The Labute approximate surface area is 471 Å². The predicted molar refractivity (Wildman–Crippen MR) is 278 cm³/mol. The second kappa shape index (κ2) is 22.3. The molecular formula is C57H88O24. The molecule has 0 aromatic carbocycles. The van der Waals surface area contributed by atoms with Crippen molar-refractivity contribution < 1.29 is 119 Å². The largest absolute Gasteiger partial charge is 0.479 e. The van der Waals surface area contributed by atoms with Gasteiger partial charge in [-0.2, -0.15) is 0 Å². The van der Waals surface area contributed by atoms with Gasteiger partial charge in [-0.05, 0) is 112 Å². The molecule has 0 aromatic heterocycles. The molecule has 8 rings (SSSR count). The number of fused-ring (bicyclic) bond motifs is 7. The number of carboxylic acids is 1. The molecule has 24 nitrogen and oxygen atoms in total. The van der Waals surface area contributed by atoms with Gasteiger partial charge in [-0.1, -0.05) is 72.3 Å². The van der Waals surface area contributed by atoms with Crippen molar-refractivity contribution in [3.8, 4) is 0 Å². The van der Waals surface area contributed by atoms with Gasteiger partial charge in [0.1, 0.15) is 61.0 Å². The van der Waals surface area contributed by atoms with Crippen LogP contribution >= 0.6 is 0 Å². The van der Waals surface area contributed by atoms with E-state index in [0.29, 0.717) is 32.1 Å². The highest BCUT2D eigenvalue weighted by Crippen LogP contribution is 2.77. The van der Waals surface area contributed by atoms with Crippen LogP contribution in [-0.4, -0.2) is 214 Å². The van der Waals surface area contributed by atoms with E-state index in [1.54, 1.807) is 27.7 Å². The van der Waals surface area contributed by atoms with Gasteiger partial charge in [0.2, 0.25) is 0 Å². The molecule has 3 heterocycles. The molecule has 0 amide bonds. The quantitative estimate of drug-likeness (QED) is 0.0356. The molecule has 0 aromatic rings. The number of aliphatic carboxylic acids is 1. The molecule has 25 atom stereocenters. The van der Waals surface area contributed by atoms with Crippen LogP contribution in [0.3, 0.4) is 0 Å². The van der Waals surface area contributed by atoms with Crippen LogP contribution in [0.25, 0.3) is 0 Å². The fraction of sp³-hybridized carbons (Fsp3) is 0.842. The molecule has 0 spiro atoms. The van der Waals surface area contributed by atoms with Crippen LogP contribution in [0.1, 0.15) is 121 Å². The SMILES string of the molecule is C/C=C(/C)C(=O)O[C@@]1(O)[C@]2(CO)[C@H](O)C[C@]3(C)C(=CC[C@@H]4[C@@]5(C)CC[C@H](O[C@@H]6O[C@H](C(=O)O)[C@@H](O)[C@H](O[C@@H]7O[C@@H](CO)[C@H](O)[C@H]7O[C@@H]7O[C@H](CO)[C@H](O)[C@H](O)[C@H]7O)[C@H]6O)C(C)(C)[C@@H]5CC[C@]43C)[C@@H]2CC(C)(C)[C@]1(O)OC(=O)/C(C)=C\C. The van der Waals surface area contributed by atoms with Gasteiger partial charge in [0.05, 0.1) is 37.4 Å². The van der Waals surface area contributed by atoms with Crippen LogP contribution < -0.4 is 0 Å². The van der Waals surface area contributed by atoms with Gasteiger partial charge in [0, 0.05) is 16.6 Å². The molecule has 24 heteroatoms. The summed E-state index contributed by atoms with van der Waals surface area (Å²) in [5.74, 6) is -11.0. The highest BCUT2D eigenvalue weighted by atomic mass is 16.8. The minimum absolute atomic E-state index is 0.0318. The molecule has 3 saturated heterocycles. The lowest BCUT2D eigenvalue weighted by Crippen LogP contribution is -2.83. The number of rotatable bonds is 14. The molecule has 81 heavy (non-hydrogen) atoms. The second-order valence-corrected chi connectivity index (χ2v) is 26.2. The molecule has 0 bridgehead atoms. The lowest BCUT2D eigenvalue weighted by atomic mass is 9.32. The Morgan fingerprint density at radius 3 is 1.77 bits per heavy atom. The third-order valence-electron chi connectivity index (χ3n) is 21.6. The van der Waals surface area contributed by atoms with Gasteiger partial charge >= 0.3 is 17.9 Å². The highest BCUT2D eigenvalue weighted by molar-refractivity contribution is 5.89. The van der Waals surface area contributed by atoms with E-state index in [0.717, 1.165) is 5.57 Å². The molecule has 5 aliphatic carbocycles. The number of aliphatic hydroxyl groups is 12. The second-order valence-electron chi connectivity index (χ2n) is 26.2. The first-order valence-corrected chi connectivity index (χ1v) is 28.3. The third-order valence-corrected chi connectivity index (χ3v) is 21.6. The first-order valence-electron chi connectivity index (χ1n) is 28.3. The van der Waals surface area contributed by atoms with Gasteiger partial charge in [0.15, 0.2) is 25.0 Å². The van der Waals surface area contributed by atoms with Crippen LogP contribution in [0.5, 0.6) is 0 Å². The summed E-state index contributed by atoms with van der Waals surface area (Å²) in [7, 11) is 0. The maximum Gasteiger partial charge on any atom is 0.336 e. The van der Waals surface area contributed by atoms with Crippen molar-refractivity contribution in [3.63, 3.8) is 0 Å². The summed E-state index contributed by atoms with van der Waals surface area (Å²) in [4.78, 5) is 40.2. The Balaban J connectivity index is 1.07. The lowest BCUT2D eigenvalue weighted by Gasteiger charge is -2.73. The summed E-state index contributed by atoms with van der Waals surface area (Å²) in [6.07, 6.45) is -20.0. The minimum atomic E-state index is -3.22. The Bertz CT molecular complexity index is 2460. The molecule has 3 aliphatic heterocycles. The van der Waals surface area contributed by atoms with E-state index in [2.05, 4.69) is 26.8 Å². The first kappa shape index (κ1) is 63.9. The fourth-order valence-corrected chi connectivity index (χ4v) is 16.3. The Morgan fingerprint density at radius 1 is 0.642 bits per heavy atom. The number of esters is 2. The lowest BCUT2D eigenvalue weighted by molar-refractivity contribution is -0.467. The molecule has 460 valence electrons. The number of carbonyl (C=O) groups excluding carboxylic acids is 2. The predicted octanol–water partition coefficient (Wildman–Crippen LogP) is -0.0681. The van der Waals surface area contributed by atoms with Crippen LogP contribution in [-0.2, 0) is 52.3 Å². The van der Waals surface area contributed by atoms with E-state index in [1.165, 1.54) is 26.0 Å². The number of allylic oxidation sites excluding steroid dienone is 4. The zero-order valence-corrected chi connectivity index (χ0v) is 48.1. The van der Waals surface area contributed by atoms with E-state index < -0.39 is 186 Å². The van der Waals surface area contributed by atoms with Gasteiger partial charge in [0.25, 0.3) is 11.6 Å². The van der Waals surface area contributed by atoms with E-state index in [1.807, 2.05) is 13.8 Å². The smallest absolute Gasteiger partial charge is 0.336 e. The normalized spacial score (nSPS) is 49.5. The van der Waals surface area contributed by atoms with Crippen molar-refractivity contribution in [2.75, 3.05) is 19.8 Å². The molecule has 8 aliphatic rings. The zero-order valence-electron chi connectivity index (χ0n) is 48.1. The van der Waals surface area contributed by atoms with Gasteiger partial charge in [-0.3, -0.25) is 0 Å². The first-order chi connectivity index (χ1) is 37.6. The molecule has 0 unspecified atom stereocenters. The van der Waals surface area contributed by atoms with Crippen molar-refractivity contribution in [3.05, 3.63) is 34.9 Å². The number of hydrogen-bond acceptors (Lipinski definition) is 23.